The molecule has 4 nitrogen and oxygen atoms in total. The van der Waals surface area contributed by atoms with Gasteiger partial charge in [-0.15, -0.1) is 4.40 Å². The Morgan fingerprint density at radius 3 is 2.56 bits per heavy atom. The number of anilines is 1. The predicted molar refractivity (Wildman–Crippen MR) is 60.1 cm³/mol. The minimum Gasteiger partial charge on any atom is -0.331 e. The summed E-state index contributed by atoms with van der Waals surface area (Å²) in [4.78, 5) is 1.14. The highest BCUT2D eigenvalue weighted by atomic mass is 32.2. The van der Waals surface area contributed by atoms with E-state index in [-0.39, 0.29) is 10.6 Å². The van der Waals surface area contributed by atoms with E-state index in [1.807, 2.05) is 0 Å². The van der Waals surface area contributed by atoms with E-state index in [1.165, 1.54) is 4.90 Å². The summed E-state index contributed by atoms with van der Waals surface area (Å²) in [7, 11) is -3.89. The minimum atomic E-state index is -4.51. The fraction of sp³-hybridized carbons (Fsp3) is 0.300. The maximum absolute atomic E-state index is 12.6. The summed E-state index contributed by atoms with van der Waals surface area (Å²) in [6.45, 7) is 2.02. The van der Waals surface area contributed by atoms with Crippen molar-refractivity contribution in [2.75, 3.05) is 11.4 Å². The number of halogens is 3. The van der Waals surface area contributed by atoms with E-state index in [0.29, 0.717) is 6.54 Å². The van der Waals surface area contributed by atoms with E-state index in [0.717, 1.165) is 24.5 Å². The van der Waals surface area contributed by atoms with Crippen molar-refractivity contribution in [2.45, 2.75) is 18.0 Å². The molecule has 0 aromatic heterocycles. The number of nitrogens with zero attached hydrogens (tertiary/aromatic N) is 2. The summed E-state index contributed by atoms with van der Waals surface area (Å²) >= 11 is 0. The summed E-state index contributed by atoms with van der Waals surface area (Å²) in [6, 6.07) is 2.50. The van der Waals surface area contributed by atoms with E-state index in [9.17, 15) is 21.6 Å². The Morgan fingerprint density at radius 2 is 2.00 bits per heavy atom. The molecule has 0 radical (unpaired) electrons. The predicted octanol–water partition coefficient (Wildman–Crippen LogP) is 2.26. The van der Waals surface area contributed by atoms with Crippen LogP contribution < -0.4 is 4.90 Å². The maximum atomic E-state index is 12.6. The van der Waals surface area contributed by atoms with Gasteiger partial charge in [0.05, 0.1) is 11.3 Å². The number of benzene rings is 1. The molecule has 1 aromatic carbocycles. The van der Waals surface area contributed by atoms with Crippen molar-refractivity contribution in [1.29, 1.82) is 0 Å². The smallest absolute Gasteiger partial charge is 0.331 e. The van der Waals surface area contributed by atoms with E-state index >= 15 is 0 Å². The van der Waals surface area contributed by atoms with E-state index in [1.54, 1.807) is 6.92 Å². The molecule has 0 amide bonds. The zero-order chi connectivity index (χ0) is 13.6. The first-order valence-corrected chi connectivity index (χ1v) is 6.48. The van der Waals surface area contributed by atoms with Crippen LogP contribution >= 0.6 is 0 Å². The van der Waals surface area contributed by atoms with Gasteiger partial charge >= 0.3 is 6.18 Å². The molecule has 1 aliphatic rings. The summed E-state index contributed by atoms with van der Waals surface area (Å²) in [5.74, 6) is 0. The molecule has 8 heteroatoms. The normalized spacial score (nSPS) is 17.7. The molecule has 98 valence electrons. The van der Waals surface area contributed by atoms with Crippen molar-refractivity contribution in [3.63, 3.8) is 0 Å². The Morgan fingerprint density at radius 1 is 1.33 bits per heavy atom. The molecule has 1 heterocycles. The number of hydrogen-bond donors (Lipinski definition) is 0. The summed E-state index contributed by atoms with van der Waals surface area (Å²) < 4.78 is 64.3. The van der Waals surface area contributed by atoms with Gasteiger partial charge < -0.3 is 4.90 Å². The number of alkyl halides is 3. The second kappa shape index (κ2) is 3.98. The Labute approximate surface area is 102 Å². The lowest BCUT2D eigenvalue weighted by molar-refractivity contribution is -0.137. The minimum absolute atomic E-state index is 0.00215. The number of hydrogen-bond acceptors (Lipinski definition) is 3. The molecule has 0 saturated carbocycles. The molecule has 0 fully saturated rings. The topological polar surface area (TPSA) is 49.7 Å². The lowest BCUT2D eigenvalue weighted by atomic mass is 10.2. The molecule has 0 N–H and O–H groups in total. The molecule has 1 aliphatic heterocycles. The van der Waals surface area contributed by atoms with E-state index in [2.05, 4.69) is 4.40 Å². The van der Waals surface area contributed by atoms with Crippen LogP contribution in [0.5, 0.6) is 0 Å². The van der Waals surface area contributed by atoms with Crippen LogP contribution in [0, 0.1) is 0 Å². The fourth-order valence-electron chi connectivity index (χ4n) is 1.63. The van der Waals surface area contributed by atoms with E-state index in [4.69, 9.17) is 0 Å². The van der Waals surface area contributed by atoms with Crippen LogP contribution in [0.4, 0.5) is 18.9 Å². The Hall–Kier alpha value is -1.57. The first-order chi connectivity index (χ1) is 8.25. The van der Waals surface area contributed by atoms with Crippen molar-refractivity contribution in [2.24, 2.45) is 4.40 Å². The lowest BCUT2D eigenvalue weighted by Crippen LogP contribution is -2.27. The van der Waals surface area contributed by atoms with Crippen molar-refractivity contribution in [3.8, 4) is 0 Å². The molecule has 0 bridgehead atoms. The fourth-order valence-corrected chi connectivity index (χ4v) is 2.66. The molecule has 2 rings (SSSR count). The van der Waals surface area contributed by atoms with Crippen LogP contribution in [0.15, 0.2) is 27.5 Å². The van der Waals surface area contributed by atoms with Crippen LogP contribution in [-0.4, -0.2) is 21.3 Å². The van der Waals surface area contributed by atoms with Gasteiger partial charge in [0.15, 0.2) is 0 Å². The molecule has 0 saturated heterocycles. The van der Waals surface area contributed by atoms with Gasteiger partial charge in [-0.1, -0.05) is 0 Å². The number of rotatable bonds is 1. The third kappa shape index (κ3) is 2.07. The molecular weight excluding hydrogens is 269 g/mol. The van der Waals surface area contributed by atoms with Gasteiger partial charge in [-0.2, -0.15) is 21.6 Å². The molecule has 0 unspecified atom stereocenters. The first-order valence-electron chi connectivity index (χ1n) is 5.04. The lowest BCUT2D eigenvalue weighted by Gasteiger charge is -2.24. The van der Waals surface area contributed by atoms with Crippen molar-refractivity contribution >= 4 is 22.0 Å². The summed E-state index contributed by atoms with van der Waals surface area (Å²) in [6.07, 6.45) is -3.48. The molecule has 18 heavy (non-hydrogen) atoms. The van der Waals surface area contributed by atoms with Crippen molar-refractivity contribution < 1.29 is 21.6 Å². The van der Waals surface area contributed by atoms with Gasteiger partial charge in [-0.3, -0.25) is 0 Å². The molecular formula is C10H9F3N2O2S. The number of sulfonamides is 1. The third-order valence-electron chi connectivity index (χ3n) is 2.54. The zero-order valence-electron chi connectivity index (χ0n) is 9.27. The Kier molecular flexibility index (Phi) is 2.84. The Balaban J connectivity index is 2.65. The van der Waals surface area contributed by atoms with Crippen LogP contribution in [-0.2, 0) is 16.2 Å². The average molecular weight is 278 g/mol. The van der Waals surface area contributed by atoms with Crippen LogP contribution in [0.1, 0.15) is 12.5 Å². The maximum Gasteiger partial charge on any atom is 0.416 e. The summed E-state index contributed by atoms with van der Waals surface area (Å²) in [5.41, 5.74) is -0.882. The Bertz CT molecular complexity index is 608. The highest BCUT2D eigenvalue weighted by Crippen LogP contribution is 2.36. The third-order valence-corrected chi connectivity index (χ3v) is 3.81. The molecule has 1 aromatic rings. The highest BCUT2D eigenvalue weighted by molar-refractivity contribution is 7.90. The van der Waals surface area contributed by atoms with Gasteiger partial charge in [-0.05, 0) is 25.1 Å². The molecule has 0 aliphatic carbocycles. The van der Waals surface area contributed by atoms with Crippen LogP contribution in [0.2, 0.25) is 0 Å². The van der Waals surface area contributed by atoms with Crippen LogP contribution in [0.3, 0.4) is 0 Å². The SMILES string of the molecule is CCN1C=NS(=O)(=O)c2ccc(C(F)(F)F)cc21. The van der Waals surface area contributed by atoms with Gasteiger partial charge in [0.25, 0.3) is 10.0 Å². The van der Waals surface area contributed by atoms with Crippen molar-refractivity contribution in [3.05, 3.63) is 23.8 Å². The highest BCUT2D eigenvalue weighted by Gasteiger charge is 2.34. The van der Waals surface area contributed by atoms with Crippen LogP contribution in [0.25, 0.3) is 0 Å². The first kappa shape index (κ1) is 12.9. The zero-order valence-corrected chi connectivity index (χ0v) is 10.1. The monoisotopic (exact) mass is 278 g/mol. The second-order valence-electron chi connectivity index (χ2n) is 3.66. The average Bonchev–Trinajstić information content (AvgIpc) is 2.27. The second-order valence-corrected chi connectivity index (χ2v) is 5.26. The van der Waals surface area contributed by atoms with E-state index < -0.39 is 21.8 Å². The van der Waals surface area contributed by atoms with Gasteiger partial charge in [0, 0.05) is 6.54 Å². The van der Waals surface area contributed by atoms with Crippen molar-refractivity contribution in [1.82, 2.24) is 0 Å². The quantitative estimate of drug-likeness (QED) is 0.791. The largest absolute Gasteiger partial charge is 0.416 e. The molecule has 0 atom stereocenters. The summed E-state index contributed by atoms with van der Waals surface area (Å²) in [5, 5.41) is 0. The standard InChI is InChI=1S/C10H9F3N2O2S/c1-2-15-6-14-18(16,17)9-4-3-7(5-8(9)15)10(11,12)13/h3-6H,2H2,1H3. The molecule has 0 spiro atoms. The van der Waals surface area contributed by atoms with Gasteiger partial charge in [0.2, 0.25) is 0 Å². The van der Waals surface area contributed by atoms with Gasteiger partial charge in [-0.25, -0.2) is 0 Å². The number of fused-ring (bicyclic) bond motifs is 1. The van der Waals surface area contributed by atoms with Gasteiger partial charge in [0.1, 0.15) is 11.2 Å².